The van der Waals surface area contributed by atoms with Crippen LogP contribution in [0, 0.1) is 0 Å². The molecule has 0 bridgehead atoms. The highest BCUT2D eigenvalue weighted by atomic mass is 35.5. The molecule has 1 aromatic carbocycles. The van der Waals surface area contributed by atoms with Crippen molar-refractivity contribution in [3.8, 4) is 0 Å². The summed E-state index contributed by atoms with van der Waals surface area (Å²) in [6, 6.07) is 7.49. The van der Waals surface area contributed by atoms with Crippen LogP contribution in [0.4, 0.5) is 0 Å². The second kappa shape index (κ2) is 6.42. The van der Waals surface area contributed by atoms with E-state index in [9.17, 15) is 4.79 Å². The van der Waals surface area contributed by atoms with Gasteiger partial charge in [-0.05, 0) is 24.1 Å². The Bertz CT molecular complexity index is 456. The number of halogens is 1. The lowest BCUT2D eigenvalue weighted by atomic mass is 10.1. The Morgan fingerprint density at radius 3 is 2.56 bits per heavy atom. The number of aryl methyl sites for hydroxylation is 1. The number of ether oxygens (including phenoxy) is 1. The second-order valence-corrected chi connectivity index (χ2v) is 4.41. The van der Waals surface area contributed by atoms with Crippen LogP contribution in [0.5, 0.6) is 0 Å². The molecule has 94 valence electrons. The van der Waals surface area contributed by atoms with Gasteiger partial charge in [0.15, 0.2) is 5.78 Å². The van der Waals surface area contributed by atoms with Gasteiger partial charge < -0.3 is 4.74 Å². The molecule has 2 rings (SSSR count). The Labute approximate surface area is 110 Å². The predicted octanol–water partition coefficient (Wildman–Crippen LogP) is 2.30. The number of benzene rings is 1. The van der Waals surface area contributed by atoms with Crippen molar-refractivity contribution in [1.29, 1.82) is 0 Å². The quantitative estimate of drug-likeness (QED) is 0.792. The van der Waals surface area contributed by atoms with Crippen LogP contribution in [-0.2, 0) is 16.0 Å². The third-order valence-electron chi connectivity index (χ3n) is 2.54. The monoisotopic (exact) mass is 264 g/mol. The maximum Gasteiger partial charge on any atom is 0.158 e. The number of Topliss-reactive ketones (excluding diaryl/α,β-unsaturated/α-hetero) is 1. The summed E-state index contributed by atoms with van der Waals surface area (Å²) in [5.41, 5.74) is 1.09. The zero-order valence-electron chi connectivity index (χ0n) is 9.75. The van der Waals surface area contributed by atoms with Gasteiger partial charge >= 0.3 is 0 Å². The summed E-state index contributed by atoms with van der Waals surface area (Å²) in [7, 11) is 0. The van der Waals surface area contributed by atoms with Gasteiger partial charge in [0.05, 0.1) is 12.4 Å². The first-order chi connectivity index (χ1) is 8.74. The van der Waals surface area contributed by atoms with Crippen LogP contribution in [0.25, 0.3) is 0 Å². The summed E-state index contributed by atoms with van der Waals surface area (Å²) < 4.78 is 5.30. The Balaban J connectivity index is 1.69. The Kier molecular flexibility index (Phi) is 4.61. The summed E-state index contributed by atoms with van der Waals surface area (Å²) in [6.45, 7) is 0.0935. The second-order valence-electron chi connectivity index (χ2n) is 3.97. The van der Waals surface area contributed by atoms with Gasteiger partial charge in [0, 0.05) is 11.4 Å². The average Bonchev–Trinajstić information content (AvgIpc) is 2.89. The molecule has 18 heavy (non-hydrogen) atoms. The molecule has 0 atom stereocenters. The summed E-state index contributed by atoms with van der Waals surface area (Å²) in [5.74, 6) is 0.0682. The van der Waals surface area contributed by atoms with E-state index in [1.807, 2.05) is 24.3 Å². The fourth-order valence-electron chi connectivity index (χ4n) is 1.53. The predicted molar refractivity (Wildman–Crippen MR) is 71.5 cm³/mol. The Hall–Kier alpha value is -1.52. The summed E-state index contributed by atoms with van der Waals surface area (Å²) in [5, 5.41) is 7.98. The molecule has 0 fully saturated rings. The Morgan fingerprint density at radius 2 is 1.89 bits per heavy atom. The molecular formula is C13H13ClN2O2. The summed E-state index contributed by atoms with van der Waals surface area (Å²) in [4.78, 5) is 11.6. The van der Waals surface area contributed by atoms with Crippen LogP contribution in [-0.4, -0.2) is 30.9 Å². The van der Waals surface area contributed by atoms with Crippen molar-refractivity contribution < 1.29 is 9.53 Å². The van der Waals surface area contributed by atoms with Gasteiger partial charge in [0.1, 0.15) is 12.7 Å². The van der Waals surface area contributed by atoms with Crippen molar-refractivity contribution in [3.63, 3.8) is 0 Å². The van der Waals surface area contributed by atoms with E-state index in [1.54, 1.807) is 12.4 Å². The minimum absolute atomic E-state index is 0.0682. The highest BCUT2D eigenvalue weighted by Crippen LogP contribution is 2.11. The molecule has 5 heteroatoms. The molecule has 1 aromatic rings. The lowest BCUT2D eigenvalue weighted by Gasteiger charge is -2.05. The van der Waals surface area contributed by atoms with E-state index in [0.29, 0.717) is 17.9 Å². The lowest BCUT2D eigenvalue weighted by Crippen LogP contribution is -2.19. The SMILES string of the molecule is O=C(CCc1ccc(Cl)cc1)COC1C=NN=C1. The van der Waals surface area contributed by atoms with E-state index >= 15 is 0 Å². The number of hydrogen-bond donors (Lipinski definition) is 0. The van der Waals surface area contributed by atoms with Crippen molar-refractivity contribution in [2.24, 2.45) is 10.2 Å². The normalized spacial score (nSPS) is 14.3. The largest absolute Gasteiger partial charge is 0.359 e. The molecule has 0 aliphatic carbocycles. The molecule has 0 spiro atoms. The molecule has 0 aromatic heterocycles. The number of carbonyl (C=O) groups is 1. The van der Waals surface area contributed by atoms with E-state index < -0.39 is 0 Å². The number of rotatable bonds is 6. The van der Waals surface area contributed by atoms with Gasteiger partial charge in [-0.1, -0.05) is 23.7 Å². The molecule has 0 saturated carbocycles. The van der Waals surface area contributed by atoms with E-state index in [1.165, 1.54) is 0 Å². The van der Waals surface area contributed by atoms with Crippen LogP contribution < -0.4 is 0 Å². The van der Waals surface area contributed by atoms with E-state index in [2.05, 4.69) is 10.2 Å². The van der Waals surface area contributed by atoms with Crippen molar-refractivity contribution in [1.82, 2.24) is 0 Å². The molecule has 0 amide bonds. The molecule has 0 radical (unpaired) electrons. The van der Waals surface area contributed by atoms with Gasteiger partial charge in [0.2, 0.25) is 0 Å². The standard InChI is InChI=1S/C13H13ClN2O2/c14-11-4-1-10(2-5-11)3-6-12(17)9-18-13-7-15-16-8-13/h1-2,4-5,7-8,13H,3,6,9H2. The maximum absolute atomic E-state index is 11.6. The van der Waals surface area contributed by atoms with Gasteiger partial charge in [-0.2, -0.15) is 10.2 Å². The number of hydrogen-bond acceptors (Lipinski definition) is 4. The molecule has 1 heterocycles. The van der Waals surface area contributed by atoms with E-state index in [0.717, 1.165) is 5.56 Å². The third kappa shape index (κ3) is 4.05. The smallest absolute Gasteiger partial charge is 0.158 e. The van der Waals surface area contributed by atoms with Gasteiger partial charge in [-0.15, -0.1) is 0 Å². The molecule has 4 nitrogen and oxygen atoms in total. The van der Waals surface area contributed by atoms with E-state index in [4.69, 9.17) is 16.3 Å². The molecule has 0 unspecified atom stereocenters. The number of carbonyl (C=O) groups excluding carboxylic acids is 1. The molecule has 0 N–H and O–H groups in total. The van der Waals surface area contributed by atoms with Crippen molar-refractivity contribution in [2.45, 2.75) is 18.9 Å². The average molecular weight is 265 g/mol. The number of nitrogens with zero attached hydrogens (tertiary/aromatic N) is 2. The van der Waals surface area contributed by atoms with Crippen molar-refractivity contribution in [3.05, 3.63) is 34.9 Å². The van der Waals surface area contributed by atoms with Gasteiger partial charge in [-0.3, -0.25) is 4.79 Å². The minimum Gasteiger partial charge on any atom is -0.359 e. The van der Waals surface area contributed by atoms with Crippen LogP contribution in [0.15, 0.2) is 34.5 Å². The first-order valence-corrected chi connectivity index (χ1v) is 6.06. The zero-order valence-corrected chi connectivity index (χ0v) is 10.5. The van der Waals surface area contributed by atoms with Crippen LogP contribution >= 0.6 is 11.6 Å². The van der Waals surface area contributed by atoms with Crippen molar-refractivity contribution in [2.75, 3.05) is 6.61 Å². The topological polar surface area (TPSA) is 51.0 Å². The highest BCUT2D eigenvalue weighted by molar-refractivity contribution is 6.30. The molecule has 1 aliphatic rings. The Morgan fingerprint density at radius 1 is 1.22 bits per heavy atom. The molecule has 0 saturated heterocycles. The number of ketones is 1. The lowest BCUT2D eigenvalue weighted by molar-refractivity contribution is -0.123. The third-order valence-corrected chi connectivity index (χ3v) is 2.79. The van der Waals surface area contributed by atoms with Crippen LogP contribution in [0.3, 0.4) is 0 Å². The minimum atomic E-state index is -0.260. The fraction of sp³-hybridized carbons (Fsp3) is 0.308. The van der Waals surface area contributed by atoms with E-state index in [-0.39, 0.29) is 18.5 Å². The first-order valence-electron chi connectivity index (χ1n) is 5.68. The first kappa shape index (κ1) is 12.9. The van der Waals surface area contributed by atoms with Gasteiger partial charge in [-0.25, -0.2) is 0 Å². The van der Waals surface area contributed by atoms with Crippen LogP contribution in [0.1, 0.15) is 12.0 Å². The van der Waals surface area contributed by atoms with Gasteiger partial charge in [0.25, 0.3) is 0 Å². The van der Waals surface area contributed by atoms with Crippen molar-refractivity contribution >= 4 is 29.8 Å². The highest BCUT2D eigenvalue weighted by Gasteiger charge is 2.10. The summed E-state index contributed by atoms with van der Waals surface area (Å²) >= 11 is 5.79. The zero-order chi connectivity index (χ0) is 12.8. The summed E-state index contributed by atoms with van der Waals surface area (Å²) in [6.07, 6.45) is 4.03. The maximum atomic E-state index is 11.6. The fourth-order valence-corrected chi connectivity index (χ4v) is 1.66. The molecule has 1 aliphatic heterocycles. The van der Waals surface area contributed by atoms with Crippen LogP contribution in [0.2, 0.25) is 5.02 Å². The molecular weight excluding hydrogens is 252 g/mol.